The summed E-state index contributed by atoms with van der Waals surface area (Å²) in [4.78, 5) is 14.6. The van der Waals surface area contributed by atoms with Crippen molar-refractivity contribution in [3.05, 3.63) is 140 Å². The predicted molar refractivity (Wildman–Crippen MR) is 182 cm³/mol. The van der Waals surface area contributed by atoms with Crippen molar-refractivity contribution in [3.63, 3.8) is 0 Å². The minimum atomic E-state index is 0.609. The van der Waals surface area contributed by atoms with E-state index in [9.17, 15) is 0 Å². The number of fused-ring (bicyclic) bond motifs is 6. The Bertz CT molecular complexity index is 2440. The summed E-state index contributed by atoms with van der Waals surface area (Å²) in [6, 6.07) is 48.1. The zero-order valence-electron chi connectivity index (χ0n) is 23.4. The zero-order chi connectivity index (χ0) is 29.0. The van der Waals surface area contributed by atoms with Gasteiger partial charge in [0.1, 0.15) is 11.2 Å². The number of furan rings is 1. The molecule has 0 N–H and O–H groups in total. The third kappa shape index (κ3) is 4.17. The van der Waals surface area contributed by atoms with Gasteiger partial charge in [-0.2, -0.15) is 0 Å². The van der Waals surface area contributed by atoms with Gasteiger partial charge in [0, 0.05) is 47.6 Å². The molecule has 0 aliphatic rings. The quantitative estimate of drug-likeness (QED) is 0.207. The van der Waals surface area contributed by atoms with Crippen LogP contribution in [0.5, 0.6) is 0 Å². The fourth-order valence-corrected chi connectivity index (χ4v) is 7.08. The summed E-state index contributed by atoms with van der Waals surface area (Å²) in [7, 11) is 0. The van der Waals surface area contributed by atoms with E-state index in [1.54, 1.807) is 0 Å². The van der Waals surface area contributed by atoms with Gasteiger partial charge in [0.15, 0.2) is 17.5 Å². The molecule has 6 aromatic carbocycles. The molecule has 0 atom stereocenters. The first-order valence-corrected chi connectivity index (χ1v) is 15.3. The summed E-state index contributed by atoms with van der Waals surface area (Å²) in [5.41, 5.74) is 6.74. The van der Waals surface area contributed by atoms with Crippen LogP contribution in [0.15, 0.2) is 144 Å². The molecule has 3 heterocycles. The summed E-state index contributed by atoms with van der Waals surface area (Å²) < 4.78 is 9.08. The minimum absolute atomic E-state index is 0.609. The summed E-state index contributed by atoms with van der Waals surface area (Å²) >= 11 is 1.84. The van der Waals surface area contributed by atoms with E-state index < -0.39 is 0 Å². The minimum Gasteiger partial charge on any atom is -0.456 e. The van der Waals surface area contributed by atoms with Crippen LogP contribution in [0.4, 0.5) is 0 Å². The van der Waals surface area contributed by atoms with Crippen molar-refractivity contribution < 1.29 is 4.42 Å². The molecule has 0 saturated heterocycles. The summed E-state index contributed by atoms with van der Waals surface area (Å²) in [5, 5.41) is 4.77. The second-order valence-electron chi connectivity index (χ2n) is 10.9. The van der Waals surface area contributed by atoms with Crippen molar-refractivity contribution in [2.24, 2.45) is 0 Å². The smallest absolute Gasteiger partial charge is 0.164 e. The molecule has 0 spiro atoms. The topological polar surface area (TPSA) is 51.8 Å². The van der Waals surface area contributed by atoms with E-state index in [1.807, 2.05) is 78.1 Å². The average molecular weight is 582 g/mol. The van der Waals surface area contributed by atoms with Gasteiger partial charge in [-0.3, -0.25) is 0 Å². The van der Waals surface area contributed by atoms with E-state index in [0.717, 1.165) is 44.2 Å². The van der Waals surface area contributed by atoms with E-state index in [4.69, 9.17) is 19.4 Å². The maximum atomic E-state index is 6.47. The summed E-state index contributed by atoms with van der Waals surface area (Å²) in [6.07, 6.45) is 0. The fraction of sp³-hybridized carbons (Fsp3) is 0. The van der Waals surface area contributed by atoms with Crippen molar-refractivity contribution in [1.29, 1.82) is 0 Å². The van der Waals surface area contributed by atoms with E-state index >= 15 is 0 Å². The van der Waals surface area contributed by atoms with Crippen molar-refractivity contribution >= 4 is 53.4 Å². The fourth-order valence-electron chi connectivity index (χ4n) is 5.94. The maximum absolute atomic E-state index is 6.47. The second-order valence-corrected chi connectivity index (χ2v) is 12.0. The molecular weight excluding hydrogens is 559 g/mol. The highest BCUT2D eigenvalue weighted by Crippen LogP contribution is 2.38. The molecule has 0 saturated carbocycles. The monoisotopic (exact) mass is 581 g/mol. The molecule has 9 rings (SSSR count). The molecule has 0 unspecified atom stereocenters. The molecule has 0 radical (unpaired) electrons. The molecule has 0 bridgehead atoms. The van der Waals surface area contributed by atoms with Crippen LogP contribution in [0.25, 0.3) is 87.4 Å². The number of rotatable bonds is 4. The molecule has 0 fully saturated rings. The van der Waals surface area contributed by atoms with Crippen molar-refractivity contribution in [2.45, 2.75) is 0 Å². The van der Waals surface area contributed by atoms with Gasteiger partial charge in [0.05, 0.1) is 0 Å². The third-order valence-corrected chi connectivity index (χ3v) is 9.28. The largest absolute Gasteiger partial charge is 0.456 e. The summed E-state index contributed by atoms with van der Waals surface area (Å²) in [5.74, 6) is 1.89. The highest BCUT2D eigenvalue weighted by atomic mass is 32.1. The van der Waals surface area contributed by atoms with Gasteiger partial charge in [0.25, 0.3) is 0 Å². The first kappa shape index (κ1) is 24.9. The van der Waals surface area contributed by atoms with Crippen LogP contribution in [0.1, 0.15) is 0 Å². The Balaban J connectivity index is 1.14. The summed E-state index contributed by atoms with van der Waals surface area (Å²) in [6.45, 7) is 0. The first-order valence-electron chi connectivity index (χ1n) is 14.5. The highest BCUT2D eigenvalue weighted by Gasteiger charge is 2.15. The number of hydrogen-bond acceptors (Lipinski definition) is 5. The van der Waals surface area contributed by atoms with Crippen LogP contribution >= 0.6 is 11.3 Å². The Morgan fingerprint density at radius 3 is 1.50 bits per heavy atom. The Kier molecular flexibility index (Phi) is 5.64. The van der Waals surface area contributed by atoms with Crippen LogP contribution in [-0.2, 0) is 0 Å². The lowest BCUT2D eigenvalue weighted by Gasteiger charge is -2.08. The molecule has 0 aliphatic carbocycles. The molecule has 0 aliphatic heterocycles. The average Bonchev–Trinajstić information content (AvgIpc) is 3.65. The molecule has 206 valence electrons. The van der Waals surface area contributed by atoms with Gasteiger partial charge >= 0.3 is 0 Å². The highest BCUT2D eigenvalue weighted by molar-refractivity contribution is 7.25. The van der Waals surface area contributed by atoms with E-state index in [1.165, 1.54) is 25.7 Å². The molecular formula is C39H23N3OS. The Labute approximate surface area is 256 Å². The van der Waals surface area contributed by atoms with Gasteiger partial charge in [-0.25, -0.2) is 15.0 Å². The molecule has 3 aromatic heterocycles. The van der Waals surface area contributed by atoms with Gasteiger partial charge < -0.3 is 4.42 Å². The van der Waals surface area contributed by atoms with Gasteiger partial charge in [-0.15, -0.1) is 11.3 Å². The van der Waals surface area contributed by atoms with Crippen LogP contribution in [0, 0.1) is 0 Å². The normalized spacial score (nSPS) is 11.6. The number of nitrogens with zero attached hydrogens (tertiary/aromatic N) is 3. The van der Waals surface area contributed by atoms with Crippen LogP contribution in [-0.4, -0.2) is 15.0 Å². The van der Waals surface area contributed by atoms with Crippen molar-refractivity contribution in [2.75, 3.05) is 0 Å². The third-order valence-electron chi connectivity index (χ3n) is 8.14. The van der Waals surface area contributed by atoms with Crippen LogP contribution < -0.4 is 0 Å². The Morgan fingerprint density at radius 1 is 0.364 bits per heavy atom. The van der Waals surface area contributed by atoms with E-state index in [-0.39, 0.29) is 0 Å². The number of aromatic nitrogens is 3. The lowest BCUT2D eigenvalue weighted by Crippen LogP contribution is -2.00. The lowest BCUT2D eigenvalue weighted by atomic mass is 10.0. The molecule has 9 aromatic rings. The zero-order valence-corrected chi connectivity index (χ0v) is 24.3. The van der Waals surface area contributed by atoms with Crippen molar-refractivity contribution in [1.82, 2.24) is 15.0 Å². The van der Waals surface area contributed by atoms with E-state index in [2.05, 4.69) is 72.8 Å². The molecule has 44 heavy (non-hydrogen) atoms. The van der Waals surface area contributed by atoms with Crippen LogP contribution in [0.2, 0.25) is 0 Å². The number of hydrogen-bond donors (Lipinski definition) is 0. The lowest BCUT2D eigenvalue weighted by molar-refractivity contribution is 0.669. The molecule has 4 nitrogen and oxygen atoms in total. The standard InChI is InChI=1S/C39H23N3OS/c1-3-9-24(10-4-1)37-40-38(25-11-5-2-6-12-25)42-39(41-37)28-17-19-30-29-18-15-26(21-33(29)43-34(30)22-28)27-16-20-32-31-13-7-8-14-35(31)44-36(32)23-27/h1-23H. The Hall–Kier alpha value is -5.65. The predicted octanol–water partition coefficient (Wildman–Crippen LogP) is 10.8. The van der Waals surface area contributed by atoms with Gasteiger partial charge in [-0.05, 0) is 47.5 Å². The maximum Gasteiger partial charge on any atom is 0.164 e. The first-order chi connectivity index (χ1) is 21.8. The van der Waals surface area contributed by atoms with Crippen LogP contribution in [0.3, 0.4) is 0 Å². The van der Waals surface area contributed by atoms with E-state index in [0.29, 0.717) is 17.5 Å². The Morgan fingerprint density at radius 2 is 0.841 bits per heavy atom. The van der Waals surface area contributed by atoms with Crippen molar-refractivity contribution in [3.8, 4) is 45.3 Å². The second kappa shape index (κ2) is 9.97. The van der Waals surface area contributed by atoms with Gasteiger partial charge in [0.2, 0.25) is 0 Å². The number of benzene rings is 6. The SMILES string of the molecule is c1ccc(-c2nc(-c3ccccc3)nc(-c3ccc4c(c3)oc3cc(-c5ccc6c(c5)sc5ccccc56)ccc34)n2)cc1. The molecule has 5 heteroatoms. The molecule has 0 amide bonds. The number of thiophene rings is 1. The van der Waals surface area contributed by atoms with Gasteiger partial charge in [-0.1, -0.05) is 103 Å².